The van der Waals surface area contributed by atoms with Crippen LogP contribution in [0.3, 0.4) is 0 Å². The maximum Gasteiger partial charge on any atom is 2.00 e. The SMILES string of the molecule is COCCN1CC2(CCN(C3CCc4cc(-c5cccc(-c6ccc[c-]c6C)c5Cl)nc(OC)c43)C2)NC1=O.Cn1c(=O)c2[c-]ncnc2n(C)c1=O.[Ni+2]. The van der Waals surface area contributed by atoms with E-state index in [1.54, 1.807) is 21.3 Å². The van der Waals surface area contributed by atoms with E-state index in [4.69, 9.17) is 26.1 Å². The number of hydrogen-bond acceptors (Lipinski definition) is 9. The first-order chi connectivity index (χ1) is 25.6. The van der Waals surface area contributed by atoms with Crippen molar-refractivity contribution in [2.75, 3.05) is 47.0 Å². The minimum Gasteiger partial charge on any atom is -0.481 e. The van der Waals surface area contributed by atoms with Gasteiger partial charge in [0.2, 0.25) is 5.88 Å². The topological polar surface area (TPSA) is 137 Å². The number of rotatable bonds is 7. The number of hydrogen-bond donors (Lipinski definition) is 1. The summed E-state index contributed by atoms with van der Waals surface area (Å²) in [6, 6.07) is 17.7. The van der Waals surface area contributed by atoms with Crippen molar-refractivity contribution in [1.29, 1.82) is 0 Å². The Balaban J connectivity index is 0.000000279. The number of pyridine rings is 1. The molecule has 2 saturated heterocycles. The molecule has 0 bridgehead atoms. The van der Waals surface area contributed by atoms with Crippen LogP contribution in [0.4, 0.5) is 4.79 Å². The fourth-order valence-corrected chi connectivity index (χ4v) is 8.14. The first-order valence-electron chi connectivity index (χ1n) is 17.5. The summed E-state index contributed by atoms with van der Waals surface area (Å²) in [5.74, 6) is 0.661. The molecule has 54 heavy (non-hydrogen) atoms. The van der Waals surface area contributed by atoms with Crippen molar-refractivity contribution in [3.63, 3.8) is 0 Å². The van der Waals surface area contributed by atoms with Crippen LogP contribution >= 0.6 is 11.6 Å². The molecule has 3 aliphatic rings. The van der Waals surface area contributed by atoms with Crippen molar-refractivity contribution in [2.24, 2.45) is 14.1 Å². The Labute approximate surface area is 328 Å². The van der Waals surface area contributed by atoms with Crippen molar-refractivity contribution in [2.45, 2.75) is 37.8 Å². The van der Waals surface area contributed by atoms with Gasteiger partial charge in [0.25, 0.3) is 0 Å². The second-order valence-electron chi connectivity index (χ2n) is 13.8. The van der Waals surface area contributed by atoms with Crippen LogP contribution in [0, 0.1) is 19.2 Å². The number of aromatic nitrogens is 5. The van der Waals surface area contributed by atoms with Crippen molar-refractivity contribution in [3.8, 4) is 28.3 Å². The molecule has 1 aliphatic carbocycles. The van der Waals surface area contributed by atoms with E-state index in [2.05, 4.69) is 44.6 Å². The summed E-state index contributed by atoms with van der Waals surface area (Å²) >= 11 is 7.00. The van der Waals surface area contributed by atoms with Crippen molar-refractivity contribution in [1.82, 2.24) is 39.2 Å². The zero-order chi connectivity index (χ0) is 37.4. The number of nitrogens with one attached hydrogen (secondary N) is 1. The number of fused-ring (bicyclic) bond motifs is 2. The Bertz CT molecular complexity index is 2330. The van der Waals surface area contributed by atoms with Crippen molar-refractivity contribution >= 4 is 28.7 Å². The third-order valence-electron chi connectivity index (χ3n) is 10.5. The molecule has 2 aromatic carbocycles. The number of methoxy groups -OCH3 is 2. The molecule has 3 aromatic heterocycles. The first kappa shape index (κ1) is 39.1. The largest absolute Gasteiger partial charge is 2.00 e. The van der Waals surface area contributed by atoms with Crippen LogP contribution < -0.4 is 21.3 Å². The van der Waals surface area contributed by atoms with Gasteiger partial charge in [-0.1, -0.05) is 42.3 Å². The van der Waals surface area contributed by atoms with Gasteiger partial charge in [0.05, 0.1) is 30.6 Å². The third-order valence-corrected chi connectivity index (χ3v) is 10.9. The first-order valence-corrected chi connectivity index (χ1v) is 17.9. The number of carbonyl (C=O) groups is 1. The molecule has 15 heteroatoms. The molecular formula is C39H41ClN8NiO5. The van der Waals surface area contributed by atoms with Gasteiger partial charge in [0.1, 0.15) is 0 Å². The molecule has 13 nitrogen and oxygen atoms in total. The molecule has 0 saturated carbocycles. The maximum atomic E-state index is 12.6. The van der Waals surface area contributed by atoms with Crippen molar-refractivity contribution in [3.05, 3.63) is 104 Å². The van der Waals surface area contributed by atoms with Crippen LogP contribution in [0.2, 0.25) is 5.02 Å². The van der Waals surface area contributed by atoms with E-state index in [0.717, 1.165) is 64.9 Å². The van der Waals surface area contributed by atoms with Crippen LogP contribution in [0.1, 0.15) is 35.6 Å². The summed E-state index contributed by atoms with van der Waals surface area (Å²) in [7, 11) is 6.31. The molecule has 2 unspecified atom stereocenters. The summed E-state index contributed by atoms with van der Waals surface area (Å²) in [6.45, 7) is 5.67. The van der Waals surface area contributed by atoms with Crippen molar-refractivity contribution < 1.29 is 30.8 Å². The van der Waals surface area contributed by atoms with Crippen LogP contribution in [-0.4, -0.2) is 92.5 Å². The van der Waals surface area contributed by atoms with Gasteiger partial charge >= 0.3 is 28.2 Å². The Morgan fingerprint density at radius 3 is 2.59 bits per heavy atom. The number of aryl methyl sites for hydroxylation is 3. The second-order valence-corrected chi connectivity index (χ2v) is 14.1. The molecule has 2 amide bonds. The van der Waals surface area contributed by atoms with Gasteiger partial charge in [-0.25, -0.2) is 14.6 Å². The van der Waals surface area contributed by atoms with E-state index in [0.29, 0.717) is 36.2 Å². The molecule has 1 spiro atoms. The van der Waals surface area contributed by atoms with Crippen LogP contribution in [0.5, 0.6) is 5.88 Å². The number of benzene rings is 2. The number of halogens is 1. The van der Waals surface area contributed by atoms with Gasteiger partial charge in [0, 0.05) is 75.9 Å². The quantitative estimate of drug-likeness (QED) is 0.191. The normalized spacial score (nSPS) is 19.0. The molecular weight excluding hydrogens is 755 g/mol. The van der Waals surface area contributed by atoms with Gasteiger partial charge in [0.15, 0.2) is 5.56 Å². The minimum absolute atomic E-state index is 0. The van der Waals surface area contributed by atoms with Crippen LogP contribution in [-0.2, 0) is 41.7 Å². The van der Waals surface area contributed by atoms with Gasteiger partial charge in [-0.2, -0.15) is 29.8 Å². The fourth-order valence-electron chi connectivity index (χ4n) is 7.82. The predicted molar refractivity (Wildman–Crippen MR) is 201 cm³/mol. The molecule has 0 radical (unpaired) electrons. The zero-order valence-electron chi connectivity index (χ0n) is 30.7. The Morgan fingerprint density at radius 2 is 1.83 bits per heavy atom. The van der Waals surface area contributed by atoms with Crippen LogP contribution in [0.15, 0.2) is 58.4 Å². The Kier molecular flexibility index (Phi) is 11.6. The summed E-state index contributed by atoms with van der Waals surface area (Å²) in [6.07, 6.45) is 6.66. The average Bonchev–Trinajstić information content (AvgIpc) is 3.88. The standard InChI is InChI=1S/C31H34ClN4O3.C8H7N4O2.Ni/c1-20-7-4-5-8-22(20)23-9-6-10-24(28(23)32)25-17-21-11-12-26(27(21)29(33-25)39-3)35-14-13-31(18-35)19-36(15-16-38-2)30(37)34-31;1-11-6-5(3-9-4-10-6)7(13)12(2)8(11)14;/h4-6,8-10,17,26H,11-16,18-19H2,1-3H3,(H,34,37);4H,1-2H3;/q2*-1;+2. The molecule has 5 heterocycles. The average molecular weight is 796 g/mol. The second kappa shape index (κ2) is 16.0. The molecule has 8 rings (SSSR count). The minimum atomic E-state index is -0.427. The van der Waals surface area contributed by atoms with E-state index in [-0.39, 0.29) is 39.5 Å². The number of ether oxygens (including phenoxy) is 2. The molecule has 2 aliphatic heterocycles. The fraction of sp³-hybridized carbons (Fsp3) is 0.385. The monoisotopic (exact) mass is 794 g/mol. The van der Waals surface area contributed by atoms with Gasteiger partial charge in [-0.3, -0.25) is 4.90 Å². The summed E-state index contributed by atoms with van der Waals surface area (Å²) in [5, 5.41) is 4.18. The third kappa shape index (κ3) is 7.15. The smallest absolute Gasteiger partial charge is 0.481 e. The van der Waals surface area contributed by atoms with Crippen LogP contribution in [0.25, 0.3) is 33.4 Å². The van der Waals surface area contributed by atoms with E-state index in [1.165, 1.54) is 29.1 Å². The number of carbonyl (C=O) groups excluding carboxylic acids is 1. The maximum absolute atomic E-state index is 12.6. The predicted octanol–water partition coefficient (Wildman–Crippen LogP) is 4.11. The molecule has 284 valence electrons. The van der Waals surface area contributed by atoms with Gasteiger partial charge < -0.3 is 43.6 Å². The van der Waals surface area contributed by atoms with Gasteiger partial charge in [-0.15, -0.1) is 5.56 Å². The number of amides is 2. The molecule has 2 fully saturated rings. The Morgan fingerprint density at radius 1 is 1.06 bits per heavy atom. The molecule has 2 atom stereocenters. The summed E-state index contributed by atoms with van der Waals surface area (Å²) in [4.78, 5) is 52.4. The molecule has 1 N–H and O–H groups in total. The molecule has 5 aromatic rings. The zero-order valence-corrected chi connectivity index (χ0v) is 32.5. The number of urea groups is 1. The summed E-state index contributed by atoms with van der Waals surface area (Å²) in [5.41, 5.74) is 6.50. The number of likely N-dealkylation sites (tertiary alicyclic amines) is 1. The van der Waals surface area contributed by atoms with E-state index in [1.807, 2.05) is 42.2 Å². The van der Waals surface area contributed by atoms with E-state index < -0.39 is 11.2 Å². The Hall–Kier alpha value is -4.62. The van der Waals surface area contributed by atoms with E-state index >= 15 is 0 Å². The summed E-state index contributed by atoms with van der Waals surface area (Å²) < 4.78 is 13.4. The van der Waals surface area contributed by atoms with E-state index in [9.17, 15) is 14.4 Å². The van der Waals surface area contributed by atoms with Gasteiger partial charge in [-0.05, 0) is 42.5 Å². The number of nitrogens with zero attached hydrogens (tertiary/aromatic N) is 7.